The predicted molar refractivity (Wildman–Crippen MR) is 79.3 cm³/mol. The lowest BCUT2D eigenvalue weighted by Crippen LogP contribution is -2.39. The number of likely N-dealkylation sites (tertiary alicyclic amines) is 1. The molecule has 0 aliphatic carbocycles. The Morgan fingerprint density at radius 3 is 2.61 bits per heavy atom. The second-order valence-electron chi connectivity index (χ2n) is 5.58. The van der Waals surface area contributed by atoms with E-state index in [2.05, 4.69) is 49.2 Å². The van der Waals surface area contributed by atoms with Crippen LogP contribution in [0.2, 0.25) is 0 Å². The van der Waals surface area contributed by atoms with E-state index in [4.69, 9.17) is 0 Å². The van der Waals surface area contributed by atoms with Gasteiger partial charge in [0.1, 0.15) is 0 Å². The quantitative estimate of drug-likeness (QED) is 0.873. The fourth-order valence-electron chi connectivity index (χ4n) is 2.73. The van der Waals surface area contributed by atoms with E-state index in [-0.39, 0.29) is 0 Å². The maximum Gasteiger partial charge on any atom is 0.0374 e. The monoisotopic (exact) mass is 246 g/mol. The van der Waals surface area contributed by atoms with E-state index in [0.717, 1.165) is 0 Å². The van der Waals surface area contributed by atoms with E-state index >= 15 is 0 Å². The highest BCUT2D eigenvalue weighted by Crippen LogP contribution is 2.21. The smallest absolute Gasteiger partial charge is 0.0374 e. The van der Waals surface area contributed by atoms with Crippen LogP contribution in [0.5, 0.6) is 0 Å². The summed E-state index contributed by atoms with van der Waals surface area (Å²) in [6, 6.07) is 7.32. The Bertz CT molecular complexity index is 379. The van der Waals surface area contributed by atoms with Crippen molar-refractivity contribution in [2.24, 2.45) is 0 Å². The van der Waals surface area contributed by atoms with E-state index < -0.39 is 0 Å². The molecule has 2 heteroatoms. The molecule has 0 amide bonds. The van der Waals surface area contributed by atoms with Crippen molar-refractivity contribution < 1.29 is 0 Å². The zero-order valence-electron chi connectivity index (χ0n) is 12.0. The fourth-order valence-corrected chi connectivity index (χ4v) is 2.73. The van der Waals surface area contributed by atoms with Gasteiger partial charge in [0.25, 0.3) is 0 Å². The summed E-state index contributed by atoms with van der Waals surface area (Å²) in [5, 5.41) is 3.73. The van der Waals surface area contributed by atoms with Gasteiger partial charge >= 0.3 is 0 Å². The maximum absolute atomic E-state index is 3.73. The normalized spacial score (nSPS) is 17.9. The van der Waals surface area contributed by atoms with Gasteiger partial charge in [0, 0.05) is 24.8 Å². The van der Waals surface area contributed by atoms with E-state index in [9.17, 15) is 0 Å². The summed E-state index contributed by atoms with van der Waals surface area (Å²) in [6.07, 6.45) is 3.82. The van der Waals surface area contributed by atoms with Crippen LogP contribution in [0.25, 0.3) is 0 Å². The molecular formula is C16H26N2. The van der Waals surface area contributed by atoms with Crippen LogP contribution in [-0.2, 0) is 0 Å². The standard InChI is InChI=1S/C16H26N2/c1-4-9-18-10-7-15(8-11-18)17-16-12-13(2)5-6-14(16)3/h5-6,12,15,17H,4,7-11H2,1-3H3. The lowest BCUT2D eigenvalue weighted by Gasteiger charge is -2.33. The summed E-state index contributed by atoms with van der Waals surface area (Å²) in [5.41, 5.74) is 4.02. The molecule has 18 heavy (non-hydrogen) atoms. The van der Waals surface area contributed by atoms with E-state index in [1.165, 1.54) is 55.7 Å². The zero-order chi connectivity index (χ0) is 13.0. The van der Waals surface area contributed by atoms with Gasteiger partial charge in [-0.1, -0.05) is 19.1 Å². The van der Waals surface area contributed by atoms with E-state index in [0.29, 0.717) is 6.04 Å². The maximum atomic E-state index is 3.73. The number of nitrogens with zero attached hydrogens (tertiary/aromatic N) is 1. The number of aryl methyl sites for hydroxylation is 2. The SMILES string of the molecule is CCCN1CCC(Nc2cc(C)ccc2C)CC1. The van der Waals surface area contributed by atoms with Crippen LogP contribution in [0.4, 0.5) is 5.69 Å². The molecule has 0 aromatic heterocycles. The first-order valence-corrected chi connectivity index (χ1v) is 7.25. The minimum Gasteiger partial charge on any atom is -0.382 e. The molecule has 1 saturated heterocycles. The lowest BCUT2D eigenvalue weighted by molar-refractivity contribution is 0.219. The van der Waals surface area contributed by atoms with Crippen molar-refractivity contribution in [3.63, 3.8) is 0 Å². The Morgan fingerprint density at radius 2 is 1.94 bits per heavy atom. The Kier molecular flexibility index (Phi) is 4.65. The van der Waals surface area contributed by atoms with Crippen molar-refractivity contribution in [2.45, 2.75) is 46.1 Å². The summed E-state index contributed by atoms with van der Waals surface area (Å²) in [5.74, 6) is 0. The highest BCUT2D eigenvalue weighted by Gasteiger charge is 2.18. The van der Waals surface area contributed by atoms with Crippen LogP contribution in [0.15, 0.2) is 18.2 Å². The molecule has 0 atom stereocenters. The molecule has 1 aromatic carbocycles. The Balaban J connectivity index is 1.89. The number of piperidine rings is 1. The van der Waals surface area contributed by atoms with Crippen LogP contribution in [0, 0.1) is 13.8 Å². The number of benzene rings is 1. The summed E-state index contributed by atoms with van der Waals surface area (Å²) in [7, 11) is 0. The highest BCUT2D eigenvalue weighted by molar-refractivity contribution is 5.53. The van der Waals surface area contributed by atoms with Gasteiger partial charge in [0.2, 0.25) is 0 Å². The van der Waals surface area contributed by atoms with Crippen LogP contribution < -0.4 is 5.32 Å². The van der Waals surface area contributed by atoms with Gasteiger partial charge in [0.15, 0.2) is 0 Å². The first-order valence-electron chi connectivity index (χ1n) is 7.25. The largest absolute Gasteiger partial charge is 0.382 e. The van der Waals surface area contributed by atoms with Crippen molar-refractivity contribution in [3.8, 4) is 0 Å². The number of hydrogen-bond acceptors (Lipinski definition) is 2. The first kappa shape index (κ1) is 13.4. The molecule has 100 valence electrons. The van der Waals surface area contributed by atoms with Crippen molar-refractivity contribution in [1.29, 1.82) is 0 Å². The van der Waals surface area contributed by atoms with Crippen molar-refractivity contribution >= 4 is 5.69 Å². The van der Waals surface area contributed by atoms with Gasteiger partial charge in [-0.05, 0) is 56.8 Å². The minimum atomic E-state index is 0.651. The Morgan fingerprint density at radius 1 is 1.22 bits per heavy atom. The average Bonchev–Trinajstić information content (AvgIpc) is 2.37. The Hall–Kier alpha value is -1.02. The highest BCUT2D eigenvalue weighted by atomic mass is 15.1. The second kappa shape index (κ2) is 6.24. The van der Waals surface area contributed by atoms with Gasteiger partial charge in [-0.25, -0.2) is 0 Å². The second-order valence-corrected chi connectivity index (χ2v) is 5.58. The molecule has 1 aromatic rings. The first-order chi connectivity index (χ1) is 8.69. The topological polar surface area (TPSA) is 15.3 Å². The van der Waals surface area contributed by atoms with Crippen LogP contribution in [0.3, 0.4) is 0 Å². The number of hydrogen-bond donors (Lipinski definition) is 1. The number of anilines is 1. The molecule has 0 bridgehead atoms. The van der Waals surface area contributed by atoms with Crippen LogP contribution in [-0.4, -0.2) is 30.6 Å². The lowest BCUT2D eigenvalue weighted by atomic mass is 10.0. The Labute approximate surface area is 111 Å². The molecule has 1 aliphatic heterocycles. The number of rotatable bonds is 4. The fraction of sp³-hybridized carbons (Fsp3) is 0.625. The van der Waals surface area contributed by atoms with Crippen LogP contribution >= 0.6 is 0 Å². The molecule has 0 unspecified atom stereocenters. The minimum absolute atomic E-state index is 0.651. The van der Waals surface area contributed by atoms with Gasteiger partial charge in [-0.15, -0.1) is 0 Å². The molecule has 0 radical (unpaired) electrons. The van der Waals surface area contributed by atoms with Crippen molar-refractivity contribution in [1.82, 2.24) is 4.90 Å². The number of nitrogens with one attached hydrogen (secondary N) is 1. The summed E-state index contributed by atoms with van der Waals surface area (Å²) >= 11 is 0. The molecule has 2 rings (SSSR count). The predicted octanol–water partition coefficient (Wildman–Crippen LogP) is 3.59. The third-order valence-corrected chi connectivity index (χ3v) is 3.88. The molecule has 1 heterocycles. The molecule has 2 nitrogen and oxygen atoms in total. The van der Waals surface area contributed by atoms with E-state index in [1.807, 2.05) is 0 Å². The van der Waals surface area contributed by atoms with E-state index in [1.54, 1.807) is 0 Å². The molecule has 1 N–H and O–H groups in total. The van der Waals surface area contributed by atoms with Crippen molar-refractivity contribution in [2.75, 3.05) is 25.0 Å². The summed E-state index contributed by atoms with van der Waals surface area (Å²) in [4.78, 5) is 2.58. The molecule has 1 aliphatic rings. The third kappa shape index (κ3) is 3.49. The third-order valence-electron chi connectivity index (χ3n) is 3.88. The summed E-state index contributed by atoms with van der Waals surface area (Å²) < 4.78 is 0. The van der Waals surface area contributed by atoms with Gasteiger partial charge < -0.3 is 10.2 Å². The van der Waals surface area contributed by atoms with Gasteiger partial charge in [-0.3, -0.25) is 0 Å². The van der Waals surface area contributed by atoms with Gasteiger partial charge in [-0.2, -0.15) is 0 Å². The molecule has 0 saturated carbocycles. The molecular weight excluding hydrogens is 220 g/mol. The zero-order valence-corrected chi connectivity index (χ0v) is 12.0. The summed E-state index contributed by atoms with van der Waals surface area (Å²) in [6.45, 7) is 10.4. The molecule has 0 spiro atoms. The average molecular weight is 246 g/mol. The molecule has 1 fully saturated rings. The van der Waals surface area contributed by atoms with Gasteiger partial charge in [0.05, 0.1) is 0 Å². The van der Waals surface area contributed by atoms with Crippen molar-refractivity contribution in [3.05, 3.63) is 29.3 Å². The van der Waals surface area contributed by atoms with Crippen LogP contribution in [0.1, 0.15) is 37.3 Å².